The Bertz CT molecular complexity index is 552. The van der Waals surface area contributed by atoms with Gasteiger partial charge in [0.1, 0.15) is 5.54 Å². The van der Waals surface area contributed by atoms with Crippen molar-refractivity contribution >= 4 is 6.03 Å². The average Bonchev–Trinajstić information content (AvgIpc) is 3.41. The SMILES string of the molecule is CC(C)N1CCN(CC2CC2)C2(CCN(C(=O)N(C)C(C)C)CC2(F)F)C1. The molecule has 1 spiro atoms. The van der Waals surface area contributed by atoms with Gasteiger partial charge in [0.2, 0.25) is 0 Å². The third-order valence-corrected chi connectivity index (χ3v) is 6.85. The van der Waals surface area contributed by atoms with Crippen LogP contribution in [0.5, 0.6) is 0 Å². The summed E-state index contributed by atoms with van der Waals surface area (Å²) in [6, 6.07) is -0.0308. The van der Waals surface area contributed by atoms with Crippen molar-refractivity contribution in [3.8, 4) is 0 Å². The molecule has 1 atom stereocenters. The zero-order valence-electron chi connectivity index (χ0n) is 17.5. The van der Waals surface area contributed by atoms with Crippen LogP contribution >= 0.6 is 0 Å². The van der Waals surface area contributed by atoms with Gasteiger partial charge in [-0.25, -0.2) is 13.6 Å². The van der Waals surface area contributed by atoms with Crippen LogP contribution in [0.2, 0.25) is 0 Å². The summed E-state index contributed by atoms with van der Waals surface area (Å²) >= 11 is 0. The first kappa shape index (κ1) is 20.8. The fourth-order valence-corrected chi connectivity index (χ4v) is 4.46. The maximum absolute atomic E-state index is 15.7. The lowest BCUT2D eigenvalue weighted by Gasteiger charge is -2.58. The van der Waals surface area contributed by atoms with E-state index in [1.165, 1.54) is 4.90 Å². The van der Waals surface area contributed by atoms with Gasteiger partial charge in [0.15, 0.2) is 0 Å². The lowest BCUT2D eigenvalue weighted by molar-refractivity contribution is -0.203. The van der Waals surface area contributed by atoms with Crippen molar-refractivity contribution in [2.75, 3.05) is 46.3 Å². The number of likely N-dealkylation sites (tertiary alicyclic amines) is 1. The van der Waals surface area contributed by atoms with E-state index >= 15 is 8.78 Å². The molecule has 3 fully saturated rings. The van der Waals surface area contributed by atoms with Crippen LogP contribution in [0.4, 0.5) is 13.6 Å². The van der Waals surface area contributed by atoms with Crippen molar-refractivity contribution < 1.29 is 13.6 Å². The molecule has 2 aliphatic heterocycles. The summed E-state index contributed by atoms with van der Waals surface area (Å²) in [4.78, 5) is 19.8. The van der Waals surface area contributed by atoms with Gasteiger partial charge in [0.25, 0.3) is 5.92 Å². The molecule has 27 heavy (non-hydrogen) atoms. The first-order valence-electron chi connectivity index (χ1n) is 10.5. The second kappa shape index (κ2) is 7.47. The van der Waals surface area contributed by atoms with Gasteiger partial charge in [-0.2, -0.15) is 0 Å². The fraction of sp³-hybridized carbons (Fsp3) is 0.950. The van der Waals surface area contributed by atoms with Crippen LogP contribution in [-0.2, 0) is 0 Å². The van der Waals surface area contributed by atoms with Crippen LogP contribution in [0, 0.1) is 5.92 Å². The van der Waals surface area contributed by atoms with Crippen molar-refractivity contribution in [2.24, 2.45) is 5.92 Å². The number of nitrogens with zero attached hydrogens (tertiary/aromatic N) is 4. The largest absolute Gasteiger partial charge is 0.325 e. The highest BCUT2D eigenvalue weighted by atomic mass is 19.3. The average molecular weight is 387 g/mol. The Kier molecular flexibility index (Phi) is 5.75. The van der Waals surface area contributed by atoms with Crippen LogP contribution in [0.25, 0.3) is 0 Å². The minimum Gasteiger partial charge on any atom is -0.325 e. The number of rotatable bonds is 4. The van der Waals surface area contributed by atoms with Crippen LogP contribution in [0.1, 0.15) is 47.0 Å². The molecular weight excluding hydrogens is 350 g/mol. The van der Waals surface area contributed by atoms with E-state index in [2.05, 4.69) is 23.6 Å². The number of carbonyl (C=O) groups is 1. The molecule has 0 aromatic carbocycles. The van der Waals surface area contributed by atoms with Gasteiger partial charge >= 0.3 is 6.03 Å². The number of urea groups is 1. The van der Waals surface area contributed by atoms with Gasteiger partial charge in [-0.05, 0) is 52.9 Å². The summed E-state index contributed by atoms with van der Waals surface area (Å²) in [5.74, 6) is -2.34. The van der Waals surface area contributed by atoms with Crippen LogP contribution in [0.3, 0.4) is 0 Å². The minimum atomic E-state index is -2.92. The van der Waals surface area contributed by atoms with Crippen LogP contribution in [-0.4, -0.2) is 95.5 Å². The monoisotopic (exact) mass is 386 g/mol. The third kappa shape index (κ3) is 3.95. The number of amides is 2. The zero-order valence-corrected chi connectivity index (χ0v) is 17.5. The molecule has 3 aliphatic rings. The number of alkyl halides is 2. The van der Waals surface area contributed by atoms with Crippen molar-refractivity contribution in [1.29, 1.82) is 0 Å². The predicted octanol–water partition coefficient (Wildman–Crippen LogP) is 2.96. The van der Waals surface area contributed by atoms with E-state index in [1.54, 1.807) is 11.9 Å². The number of hydrogen-bond donors (Lipinski definition) is 0. The molecule has 2 saturated heterocycles. The minimum absolute atomic E-state index is 0.000475. The number of piperazine rings is 1. The van der Waals surface area contributed by atoms with Crippen molar-refractivity contribution in [2.45, 2.75) is 70.5 Å². The Morgan fingerprint density at radius 2 is 1.78 bits per heavy atom. The molecule has 0 aromatic heterocycles. The Morgan fingerprint density at radius 3 is 2.30 bits per heavy atom. The van der Waals surface area contributed by atoms with Gasteiger partial charge in [-0.3, -0.25) is 9.80 Å². The zero-order chi connectivity index (χ0) is 20.0. The van der Waals surface area contributed by atoms with E-state index in [9.17, 15) is 4.79 Å². The first-order chi connectivity index (χ1) is 12.6. The molecule has 1 saturated carbocycles. The molecule has 1 unspecified atom stereocenters. The molecule has 7 heteroatoms. The van der Waals surface area contributed by atoms with Gasteiger partial charge in [-0.1, -0.05) is 0 Å². The molecule has 5 nitrogen and oxygen atoms in total. The van der Waals surface area contributed by atoms with Crippen molar-refractivity contribution in [1.82, 2.24) is 19.6 Å². The van der Waals surface area contributed by atoms with Gasteiger partial charge in [-0.15, -0.1) is 0 Å². The van der Waals surface area contributed by atoms with E-state index in [0.717, 1.165) is 25.9 Å². The van der Waals surface area contributed by atoms with E-state index in [4.69, 9.17) is 0 Å². The highest BCUT2D eigenvalue weighted by Crippen LogP contribution is 2.45. The first-order valence-corrected chi connectivity index (χ1v) is 10.5. The van der Waals surface area contributed by atoms with E-state index in [-0.39, 0.29) is 18.1 Å². The van der Waals surface area contributed by atoms with E-state index in [0.29, 0.717) is 32.0 Å². The van der Waals surface area contributed by atoms with Crippen LogP contribution in [0.15, 0.2) is 0 Å². The number of piperidine rings is 1. The maximum Gasteiger partial charge on any atom is 0.320 e. The second-order valence-corrected chi connectivity index (χ2v) is 9.35. The molecule has 2 heterocycles. The summed E-state index contributed by atoms with van der Waals surface area (Å²) in [7, 11) is 1.69. The molecular formula is C20H36F2N4O. The molecule has 2 amide bonds. The van der Waals surface area contributed by atoms with Crippen LogP contribution < -0.4 is 0 Å². The topological polar surface area (TPSA) is 30.0 Å². The number of hydrogen-bond acceptors (Lipinski definition) is 3. The summed E-state index contributed by atoms with van der Waals surface area (Å²) in [5.41, 5.74) is -1.15. The summed E-state index contributed by atoms with van der Waals surface area (Å²) in [5, 5.41) is 0. The number of halogens is 2. The smallest absolute Gasteiger partial charge is 0.320 e. The lowest BCUT2D eigenvalue weighted by Crippen LogP contribution is -2.76. The van der Waals surface area contributed by atoms with Gasteiger partial charge < -0.3 is 9.80 Å². The number of carbonyl (C=O) groups excluding carboxylic acids is 1. The Morgan fingerprint density at radius 1 is 1.11 bits per heavy atom. The third-order valence-electron chi connectivity index (χ3n) is 6.85. The Labute approximate surface area is 162 Å². The molecule has 0 radical (unpaired) electrons. The standard InChI is InChI=1S/C20H36F2N4O/c1-15(2)23(5)18(27)25-9-8-19(20(21,22)14-25)13-24(16(3)4)10-11-26(19)12-17-6-7-17/h15-17H,6-14H2,1-5H3. The second-order valence-electron chi connectivity index (χ2n) is 9.35. The summed E-state index contributed by atoms with van der Waals surface area (Å²) in [6.45, 7) is 10.6. The van der Waals surface area contributed by atoms with Gasteiger partial charge in [0, 0.05) is 51.9 Å². The molecule has 3 rings (SSSR count). The van der Waals surface area contributed by atoms with E-state index in [1.807, 2.05) is 13.8 Å². The Balaban J connectivity index is 1.82. The molecule has 0 bridgehead atoms. The normalized spacial score (nSPS) is 29.7. The predicted molar refractivity (Wildman–Crippen MR) is 103 cm³/mol. The van der Waals surface area contributed by atoms with E-state index < -0.39 is 18.0 Å². The fourth-order valence-electron chi connectivity index (χ4n) is 4.46. The lowest BCUT2D eigenvalue weighted by atomic mass is 9.79. The summed E-state index contributed by atoms with van der Waals surface area (Å²) < 4.78 is 31.4. The Hall–Kier alpha value is -0.950. The van der Waals surface area contributed by atoms with Crippen molar-refractivity contribution in [3.63, 3.8) is 0 Å². The quantitative estimate of drug-likeness (QED) is 0.744. The highest BCUT2D eigenvalue weighted by Gasteiger charge is 2.62. The van der Waals surface area contributed by atoms with Gasteiger partial charge in [0.05, 0.1) is 6.54 Å². The summed E-state index contributed by atoms with van der Waals surface area (Å²) in [6.07, 6.45) is 2.67. The molecule has 0 aromatic rings. The molecule has 0 N–H and O–H groups in total. The molecule has 156 valence electrons. The van der Waals surface area contributed by atoms with Crippen molar-refractivity contribution in [3.05, 3.63) is 0 Å². The highest BCUT2D eigenvalue weighted by molar-refractivity contribution is 5.74. The molecule has 1 aliphatic carbocycles. The maximum atomic E-state index is 15.7.